The number of esters is 1. The number of aryl methyl sites for hydroxylation is 1. The van der Waals surface area contributed by atoms with E-state index in [-0.39, 0.29) is 6.61 Å². The lowest BCUT2D eigenvalue weighted by atomic mass is 10.2. The molecule has 0 aliphatic rings. The minimum atomic E-state index is -0.401. The van der Waals surface area contributed by atoms with Gasteiger partial charge in [0.15, 0.2) is 5.69 Å². The summed E-state index contributed by atoms with van der Waals surface area (Å²) in [5, 5.41) is 6.79. The highest BCUT2D eigenvalue weighted by atomic mass is 79.9. The van der Waals surface area contributed by atoms with E-state index < -0.39 is 5.97 Å². The normalized spacial score (nSPS) is 10.4. The molecule has 0 atom stereocenters. The molecule has 0 amide bonds. The molecule has 19 heavy (non-hydrogen) atoms. The number of carbonyl (C=O) groups excluding carboxylic acids is 1. The molecule has 0 aliphatic carbocycles. The lowest BCUT2D eigenvalue weighted by molar-refractivity contribution is 0.0465. The molecule has 1 aromatic heterocycles. The summed E-state index contributed by atoms with van der Waals surface area (Å²) in [5.74, 6) is -0.401. The second-order valence-electron chi connectivity index (χ2n) is 4.23. The number of hydrogen-bond donors (Lipinski definition) is 1. The standard InChI is InChI=1S/C14H15BrN2O2/c1-2-3-12-8-13(17-16-12)14(18)19-9-10-4-6-11(15)7-5-10/h4-8H,2-3,9H2,1H3,(H,16,17). The summed E-state index contributed by atoms with van der Waals surface area (Å²) in [6.45, 7) is 2.33. The van der Waals surface area contributed by atoms with E-state index in [2.05, 4.69) is 33.1 Å². The monoisotopic (exact) mass is 322 g/mol. The van der Waals surface area contributed by atoms with Crippen LogP contribution in [0.15, 0.2) is 34.8 Å². The lowest BCUT2D eigenvalue weighted by Crippen LogP contribution is -2.05. The third-order valence-electron chi connectivity index (χ3n) is 2.64. The molecule has 1 heterocycles. The summed E-state index contributed by atoms with van der Waals surface area (Å²) in [4.78, 5) is 11.8. The molecule has 0 spiro atoms. The van der Waals surface area contributed by atoms with Crippen LogP contribution in [0.2, 0.25) is 0 Å². The first-order chi connectivity index (χ1) is 9.19. The van der Waals surface area contributed by atoms with Crippen LogP contribution in [-0.2, 0) is 17.8 Å². The van der Waals surface area contributed by atoms with E-state index in [4.69, 9.17) is 4.74 Å². The summed E-state index contributed by atoms with van der Waals surface area (Å²) in [5.41, 5.74) is 2.24. The van der Waals surface area contributed by atoms with Gasteiger partial charge in [0.2, 0.25) is 0 Å². The molecular formula is C14H15BrN2O2. The van der Waals surface area contributed by atoms with E-state index in [0.717, 1.165) is 28.6 Å². The molecule has 0 unspecified atom stereocenters. The van der Waals surface area contributed by atoms with Crippen molar-refractivity contribution >= 4 is 21.9 Å². The number of hydrogen-bond acceptors (Lipinski definition) is 3. The molecule has 0 aliphatic heterocycles. The van der Waals surface area contributed by atoms with Crippen LogP contribution in [0.3, 0.4) is 0 Å². The summed E-state index contributed by atoms with van der Waals surface area (Å²) in [6, 6.07) is 9.39. The zero-order valence-corrected chi connectivity index (χ0v) is 12.2. The third-order valence-corrected chi connectivity index (χ3v) is 3.17. The van der Waals surface area contributed by atoms with E-state index in [1.54, 1.807) is 6.07 Å². The quantitative estimate of drug-likeness (QED) is 0.857. The largest absolute Gasteiger partial charge is 0.456 e. The number of benzene rings is 1. The van der Waals surface area contributed by atoms with Gasteiger partial charge in [0.1, 0.15) is 6.61 Å². The van der Waals surface area contributed by atoms with E-state index in [1.165, 1.54) is 0 Å². The van der Waals surface area contributed by atoms with Gasteiger partial charge in [-0.15, -0.1) is 0 Å². The highest BCUT2D eigenvalue weighted by molar-refractivity contribution is 9.10. The van der Waals surface area contributed by atoms with E-state index in [0.29, 0.717) is 5.69 Å². The van der Waals surface area contributed by atoms with Crippen molar-refractivity contribution in [1.29, 1.82) is 0 Å². The Balaban J connectivity index is 1.91. The number of halogens is 1. The number of rotatable bonds is 5. The Labute approximate surface area is 120 Å². The Morgan fingerprint density at radius 2 is 2.11 bits per heavy atom. The summed E-state index contributed by atoms with van der Waals surface area (Å²) >= 11 is 3.36. The molecule has 4 nitrogen and oxygen atoms in total. The molecule has 1 N–H and O–H groups in total. The maximum absolute atomic E-state index is 11.8. The minimum Gasteiger partial charge on any atom is -0.456 e. The number of aromatic nitrogens is 2. The number of aromatic amines is 1. The minimum absolute atomic E-state index is 0.252. The molecule has 0 bridgehead atoms. The molecule has 2 rings (SSSR count). The Morgan fingerprint density at radius 1 is 1.37 bits per heavy atom. The van der Waals surface area contributed by atoms with Gasteiger partial charge in [-0.05, 0) is 30.2 Å². The molecule has 100 valence electrons. The van der Waals surface area contributed by atoms with Crippen LogP contribution in [0.1, 0.15) is 35.1 Å². The van der Waals surface area contributed by atoms with Gasteiger partial charge < -0.3 is 4.74 Å². The van der Waals surface area contributed by atoms with Crippen LogP contribution in [0, 0.1) is 0 Å². The van der Waals surface area contributed by atoms with Gasteiger partial charge in [-0.1, -0.05) is 41.4 Å². The number of nitrogens with one attached hydrogen (secondary N) is 1. The van der Waals surface area contributed by atoms with Crippen molar-refractivity contribution in [1.82, 2.24) is 10.2 Å². The highest BCUT2D eigenvalue weighted by Crippen LogP contribution is 2.12. The molecule has 1 aromatic carbocycles. The Kier molecular flexibility index (Phi) is 4.74. The van der Waals surface area contributed by atoms with Gasteiger partial charge in [0, 0.05) is 10.2 Å². The zero-order chi connectivity index (χ0) is 13.7. The SMILES string of the molecule is CCCc1cc(C(=O)OCc2ccc(Br)cc2)n[nH]1. The number of carbonyl (C=O) groups is 1. The van der Waals surface area contributed by atoms with Crippen LogP contribution < -0.4 is 0 Å². The third kappa shape index (κ3) is 3.92. The maximum Gasteiger partial charge on any atom is 0.359 e. The fraction of sp³-hybridized carbons (Fsp3) is 0.286. The lowest BCUT2D eigenvalue weighted by Gasteiger charge is -2.02. The van der Waals surface area contributed by atoms with Crippen molar-refractivity contribution in [2.24, 2.45) is 0 Å². The van der Waals surface area contributed by atoms with Gasteiger partial charge in [-0.3, -0.25) is 5.10 Å². The predicted molar refractivity (Wildman–Crippen MR) is 75.8 cm³/mol. The van der Waals surface area contributed by atoms with Crippen LogP contribution >= 0.6 is 15.9 Å². The first-order valence-electron chi connectivity index (χ1n) is 6.15. The van der Waals surface area contributed by atoms with Crippen LogP contribution in [0.5, 0.6) is 0 Å². The van der Waals surface area contributed by atoms with E-state index in [9.17, 15) is 4.79 Å². The average Bonchev–Trinajstić information content (AvgIpc) is 2.87. The van der Waals surface area contributed by atoms with Crippen molar-refractivity contribution in [2.75, 3.05) is 0 Å². The average molecular weight is 323 g/mol. The summed E-state index contributed by atoms with van der Waals surface area (Å²) in [6.07, 6.45) is 1.89. The smallest absolute Gasteiger partial charge is 0.359 e. The fourth-order valence-electron chi connectivity index (χ4n) is 1.67. The Morgan fingerprint density at radius 3 is 2.79 bits per heavy atom. The maximum atomic E-state index is 11.8. The fourth-order valence-corrected chi connectivity index (χ4v) is 1.93. The highest BCUT2D eigenvalue weighted by Gasteiger charge is 2.11. The van der Waals surface area contributed by atoms with E-state index >= 15 is 0 Å². The first-order valence-corrected chi connectivity index (χ1v) is 6.94. The number of nitrogens with zero attached hydrogens (tertiary/aromatic N) is 1. The van der Waals surface area contributed by atoms with Crippen molar-refractivity contribution in [3.8, 4) is 0 Å². The van der Waals surface area contributed by atoms with Crippen LogP contribution in [-0.4, -0.2) is 16.2 Å². The van der Waals surface area contributed by atoms with Crippen molar-refractivity contribution in [3.63, 3.8) is 0 Å². The first kappa shape index (κ1) is 13.8. The van der Waals surface area contributed by atoms with Crippen molar-refractivity contribution < 1.29 is 9.53 Å². The van der Waals surface area contributed by atoms with Gasteiger partial charge >= 0.3 is 5.97 Å². The van der Waals surface area contributed by atoms with Gasteiger partial charge in [0.25, 0.3) is 0 Å². The van der Waals surface area contributed by atoms with Gasteiger partial charge in [-0.25, -0.2) is 4.79 Å². The molecule has 0 saturated heterocycles. The molecule has 5 heteroatoms. The second kappa shape index (κ2) is 6.52. The van der Waals surface area contributed by atoms with Crippen molar-refractivity contribution in [2.45, 2.75) is 26.4 Å². The molecule has 2 aromatic rings. The zero-order valence-electron chi connectivity index (χ0n) is 10.6. The molecule has 0 saturated carbocycles. The molecule has 0 fully saturated rings. The summed E-state index contributed by atoms with van der Waals surface area (Å²) in [7, 11) is 0. The van der Waals surface area contributed by atoms with Gasteiger partial charge in [0.05, 0.1) is 0 Å². The predicted octanol–water partition coefficient (Wildman–Crippen LogP) is 3.48. The summed E-state index contributed by atoms with van der Waals surface area (Å²) < 4.78 is 6.21. The van der Waals surface area contributed by atoms with Gasteiger partial charge in [-0.2, -0.15) is 5.10 Å². The second-order valence-corrected chi connectivity index (χ2v) is 5.15. The van der Waals surface area contributed by atoms with Crippen LogP contribution in [0.4, 0.5) is 0 Å². The van der Waals surface area contributed by atoms with E-state index in [1.807, 2.05) is 24.3 Å². The Hall–Kier alpha value is -1.62. The molecule has 0 radical (unpaired) electrons. The number of H-pyrrole nitrogens is 1. The Bertz CT molecular complexity index is 549. The van der Waals surface area contributed by atoms with Crippen LogP contribution in [0.25, 0.3) is 0 Å². The topological polar surface area (TPSA) is 55.0 Å². The molecular weight excluding hydrogens is 308 g/mol. The number of ether oxygens (including phenoxy) is 1. The van der Waals surface area contributed by atoms with Crippen molar-refractivity contribution in [3.05, 3.63) is 51.8 Å².